The van der Waals surface area contributed by atoms with E-state index in [1.54, 1.807) is 0 Å². The number of nitrogens with two attached hydrogens (primary N) is 1. The third kappa shape index (κ3) is 1.53. The highest BCUT2D eigenvalue weighted by Crippen LogP contribution is 2.30. The smallest absolute Gasteiger partial charge is 0.241 e. The lowest BCUT2D eigenvalue weighted by Crippen LogP contribution is -2.80. The molecular formula is C9H20N2OSi. The van der Waals surface area contributed by atoms with Crippen molar-refractivity contribution in [1.29, 1.82) is 0 Å². The van der Waals surface area contributed by atoms with E-state index >= 15 is 0 Å². The van der Waals surface area contributed by atoms with Gasteiger partial charge in [-0.05, 0) is 20.8 Å². The number of hydrogen-bond donors (Lipinski definition) is 1. The van der Waals surface area contributed by atoms with E-state index in [0.717, 1.165) is 6.54 Å². The second-order valence-electron chi connectivity index (χ2n) is 5.26. The number of amides is 1. The molecule has 4 heteroatoms. The van der Waals surface area contributed by atoms with Crippen molar-refractivity contribution in [3.63, 3.8) is 0 Å². The molecule has 2 N–H and O–H groups in total. The minimum atomic E-state index is -1.07. The summed E-state index contributed by atoms with van der Waals surface area (Å²) in [5.74, 6) is 0.154. The molecule has 1 rings (SSSR count). The number of likely N-dealkylation sites (tertiary alicyclic amines) is 1. The predicted molar refractivity (Wildman–Crippen MR) is 57.3 cm³/mol. The second-order valence-corrected chi connectivity index (χ2v) is 8.60. The summed E-state index contributed by atoms with van der Waals surface area (Å²) in [6, 6.07) is 0. The number of nitrogens with zero attached hydrogens (tertiary/aromatic N) is 1. The summed E-state index contributed by atoms with van der Waals surface area (Å²) in [5.41, 5.74) is 5.98. The number of carbonyl (C=O) groups excluding carboxylic acids is 1. The third-order valence-corrected chi connectivity index (χ3v) is 5.39. The zero-order valence-corrected chi connectivity index (χ0v) is 10.4. The minimum Gasteiger partial charge on any atom is -0.334 e. The first-order valence-electron chi connectivity index (χ1n) is 4.80. The van der Waals surface area contributed by atoms with Gasteiger partial charge >= 0.3 is 0 Å². The molecule has 1 aliphatic heterocycles. The van der Waals surface area contributed by atoms with Gasteiger partial charge in [-0.3, -0.25) is 4.79 Å². The highest BCUT2D eigenvalue weighted by Gasteiger charge is 2.54. The Morgan fingerprint density at radius 1 is 1.46 bits per heavy atom. The van der Waals surface area contributed by atoms with Gasteiger partial charge in [0, 0.05) is 12.1 Å². The van der Waals surface area contributed by atoms with Crippen LogP contribution in [-0.2, 0) is 4.79 Å². The minimum absolute atomic E-state index is 0.0662. The standard InChI is InChI=1S/C9H20N2OSi/c1-8(2,3)11-6-9(10,7(11)12)13(4)5/h13H,6,10H2,1-5H3. The van der Waals surface area contributed by atoms with Crippen LogP contribution in [0.4, 0.5) is 0 Å². The first kappa shape index (κ1) is 10.7. The van der Waals surface area contributed by atoms with E-state index in [-0.39, 0.29) is 11.4 Å². The average Bonchev–Trinajstić information content (AvgIpc) is 1.96. The van der Waals surface area contributed by atoms with Crippen LogP contribution in [0, 0.1) is 0 Å². The van der Waals surface area contributed by atoms with Crippen LogP contribution in [0.2, 0.25) is 13.1 Å². The molecule has 0 aromatic heterocycles. The summed E-state index contributed by atoms with van der Waals surface area (Å²) in [5, 5.41) is -0.465. The molecule has 1 atom stereocenters. The third-order valence-electron chi connectivity index (χ3n) is 2.90. The molecule has 1 saturated heterocycles. The molecule has 13 heavy (non-hydrogen) atoms. The van der Waals surface area contributed by atoms with Crippen molar-refractivity contribution < 1.29 is 4.79 Å². The van der Waals surface area contributed by atoms with Crippen molar-refractivity contribution in [3.8, 4) is 0 Å². The van der Waals surface area contributed by atoms with Gasteiger partial charge in [-0.15, -0.1) is 0 Å². The van der Waals surface area contributed by atoms with Gasteiger partial charge in [0.1, 0.15) is 0 Å². The van der Waals surface area contributed by atoms with Crippen LogP contribution in [0.25, 0.3) is 0 Å². The molecule has 0 bridgehead atoms. The maximum absolute atomic E-state index is 11.8. The van der Waals surface area contributed by atoms with E-state index in [4.69, 9.17) is 5.73 Å². The quantitative estimate of drug-likeness (QED) is 0.490. The van der Waals surface area contributed by atoms with E-state index in [2.05, 4.69) is 13.1 Å². The van der Waals surface area contributed by atoms with Crippen LogP contribution in [0.1, 0.15) is 20.8 Å². The number of rotatable bonds is 1. The Kier molecular flexibility index (Phi) is 2.32. The molecule has 3 nitrogen and oxygen atoms in total. The molecule has 1 heterocycles. The van der Waals surface area contributed by atoms with Crippen LogP contribution in [-0.4, -0.2) is 36.8 Å². The van der Waals surface area contributed by atoms with Crippen molar-refractivity contribution in [1.82, 2.24) is 4.90 Å². The predicted octanol–water partition coefficient (Wildman–Crippen LogP) is 0.350. The first-order chi connectivity index (χ1) is 5.69. The van der Waals surface area contributed by atoms with Crippen molar-refractivity contribution in [2.45, 2.75) is 44.6 Å². The van der Waals surface area contributed by atoms with Crippen LogP contribution < -0.4 is 5.73 Å². The molecular weight excluding hydrogens is 180 g/mol. The lowest BCUT2D eigenvalue weighted by molar-refractivity contribution is -0.152. The van der Waals surface area contributed by atoms with Crippen molar-refractivity contribution >= 4 is 14.7 Å². The maximum Gasteiger partial charge on any atom is 0.241 e. The summed E-state index contributed by atoms with van der Waals surface area (Å²) in [4.78, 5) is 13.7. The summed E-state index contributed by atoms with van der Waals surface area (Å²) in [7, 11) is -1.07. The summed E-state index contributed by atoms with van der Waals surface area (Å²) in [6.07, 6.45) is 0. The molecule has 76 valence electrons. The fraction of sp³-hybridized carbons (Fsp3) is 0.889. The Hall–Kier alpha value is -0.353. The number of carbonyl (C=O) groups is 1. The molecule has 1 unspecified atom stereocenters. The van der Waals surface area contributed by atoms with Gasteiger partial charge < -0.3 is 10.6 Å². The summed E-state index contributed by atoms with van der Waals surface area (Å²) < 4.78 is 0. The Bertz CT molecular complexity index is 234. The van der Waals surface area contributed by atoms with Gasteiger partial charge in [-0.25, -0.2) is 0 Å². The lowest BCUT2D eigenvalue weighted by atomic mass is 9.96. The monoisotopic (exact) mass is 200 g/mol. The topological polar surface area (TPSA) is 46.3 Å². The molecule has 0 saturated carbocycles. The molecule has 1 fully saturated rings. The van der Waals surface area contributed by atoms with Crippen molar-refractivity contribution in [2.24, 2.45) is 5.73 Å². The van der Waals surface area contributed by atoms with E-state index in [0.29, 0.717) is 0 Å². The van der Waals surface area contributed by atoms with Gasteiger partial charge in [0.15, 0.2) is 0 Å². The fourth-order valence-electron chi connectivity index (χ4n) is 1.53. The van der Waals surface area contributed by atoms with Gasteiger partial charge in [0.05, 0.1) is 14.0 Å². The molecule has 0 aromatic carbocycles. The van der Waals surface area contributed by atoms with Crippen molar-refractivity contribution in [2.75, 3.05) is 6.54 Å². The van der Waals surface area contributed by atoms with Crippen LogP contribution in [0.5, 0.6) is 0 Å². The summed E-state index contributed by atoms with van der Waals surface area (Å²) in [6.45, 7) is 11.2. The second kappa shape index (κ2) is 2.82. The average molecular weight is 200 g/mol. The molecule has 0 spiro atoms. The number of hydrogen-bond acceptors (Lipinski definition) is 2. The Morgan fingerprint density at radius 2 is 1.92 bits per heavy atom. The van der Waals surface area contributed by atoms with E-state index < -0.39 is 14.0 Å². The van der Waals surface area contributed by atoms with E-state index in [1.807, 2.05) is 25.7 Å². The van der Waals surface area contributed by atoms with E-state index in [1.165, 1.54) is 0 Å². The van der Waals surface area contributed by atoms with Gasteiger partial charge in [-0.1, -0.05) is 13.1 Å². The lowest BCUT2D eigenvalue weighted by Gasteiger charge is -2.54. The van der Waals surface area contributed by atoms with Gasteiger partial charge in [0.2, 0.25) is 5.91 Å². The van der Waals surface area contributed by atoms with Crippen molar-refractivity contribution in [3.05, 3.63) is 0 Å². The highest BCUT2D eigenvalue weighted by atomic mass is 28.3. The Balaban J connectivity index is 2.73. The maximum atomic E-state index is 11.8. The SMILES string of the molecule is C[SiH](C)C1(N)CN(C(C)(C)C)C1=O. The van der Waals surface area contributed by atoms with Gasteiger partial charge in [0.25, 0.3) is 0 Å². The largest absolute Gasteiger partial charge is 0.334 e. The Morgan fingerprint density at radius 3 is 2.15 bits per heavy atom. The fourth-order valence-corrected chi connectivity index (χ4v) is 2.73. The van der Waals surface area contributed by atoms with Crippen LogP contribution >= 0.6 is 0 Å². The van der Waals surface area contributed by atoms with E-state index in [9.17, 15) is 4.79 Å². The summed E-state index contributed by atoms with van der Waals surface area (Å²) >= 11 is 0. The molecule has 1 amide bonds. The van der Waals surface area contributed by atoms with Crippen LogP contribution in [0.3, 0.4) is 0 Å². The Labute approximate surface area is 81.9 Å². The van der Waals surface area contributed by atoms with Gasteiger partial charge in [-0.2, -0.15) is 0 Å². The highest BCUT2D eigenvalue weighted by molar-refractivity contribution is 6.65. The molecule has 0 aromatic rings. The first-order valence-corrected chi connectivity index (χ1v) is 7.69. The normalized spacial score (nSPS) is 29.5. The molecule has 0 aliphatic carbocycles. The zero-order chi connectivity index (χ0) is 10.4. The van der Waals surface area contributed by atoms with Crippen LogP contribution in [0.15, 0.2) is 0 Å². The molecule has 1 aliphatic rings. The zero-order valence-electron chi connectivity index (χ0n) is 9.22. The molecule has 0 radical (unpaired) electrons. The number of β-lactam (4-membered cyclic amide) rings is 1.